The molecule has 1 heterocycles. The van der Waals surface area contributed by atoms with Gasteiger partial charge in [-0.25, -0.2) is 0 Å². The molecule has 0 atom stereocenters. The number of hydrogen-bond acceptors (Lipinski definition) is 4. The third-order valence-electron chi connectivity index (χ3n) is 3.87. The second kappa shape index (κ2) is 6.05. The molecule has 0 fully saturated rings. The van der Waals surface area contributed by atoms with E-state index < -0.39 is 4.92 Å². The van der Waals surface area contributed by atoms with Crippen LogP contribution >= 0.6 is 0 Å². The molecule has 0 radical (unpaired) electrons. The number of hydrogen-bond donors (Lipinski definition) is 1. The van der Waals surface area contributed by atoms with Crippen molar-refractivity contribution in [2.75, 3.05) is 13.7 Å². The van der Waals surface area contributed by atoms with E-state index in [1.807, 2.05) is 24.6 Å². The van der Waals surface area contributed by atoms with E-state index in [9.17, 15) is 14.9 Å². The Balaban J connectivity index is 2.65. The topological polar surface area (TPSA) is 86.4 Å². The number of nitrogens with zero attached hydrogens (tertiary/aromatic N) is 2. The van der Waals surface area contributed by atoms with Crippen LogP contribution in [0.2, 0.25) is 0 Å². The van der Waals surface area contributed by atoms with Gasteiger partial charge in [0.25, 0.3) is 0 Å². The van der Waals surface area contributed by atoms with E-state index >= 15 is 0 Å². The number of rotatable bonds is 5. The minimum absolute atomic E-state index is 0.0264. The summed E-state index contributed by atoms with van der Waals surface area (Å²) in [6.07, 6.45) is 0.525. The Bertz CT molecular complexity index is 749. The fourth-order valence-corrected chi connectivity index (χ4v) is 2.72. The quantitative estimate of drug-likeness (QED) is 0.677. The lowest BCUT2D eigenvalue weighted by atomic mass is 10.1. The molecule has 1 N–H and O–H groups in total. The van der Waals surface area contributed by atoms with Crippen LogP contribution in [0.15, 0.2) is 12.1 Å². The van der Waals surface area contributed by atoms with Crippen molar-refractivity contribution in [3.63, 3.8) is 0 Å². The van der Waals surface area contributed by atoms with Crippen LogP contribution in [0, 0.1) is 17.0 Å². The fourth-order valence-electron chi connectivity index (χ4n) is 2.72. The molecule has 0 aliphatic heterocycles. The van der Waals surface area contributed by atoms with E-state index in [0.717, 1.165) is 16.8 Å². The predicted octanol–water partition coefficient (Wildman–Crippen LogP) is 2.08. The van der Waals surface area contributed by atoms with E-state index in [1.165, 1.54) is 14.0 Å². The molecule has 2 aromatic rings. The van der Waals surface area contributed by atoms with Crippen LogP contribution in [0.4, 0.5) is 5.69 Å². The smallest absolute Gasteiger partial charge is 0.320 e. The largest absolute Gasteiger partial charge is 0.490 e. The van der Waals surface area contributed by atoms with Crippen molar-refractivity contribution in [2.24, 2.45) is 7.05 Å². The number of fused-ring (bicyclic) bond motifs is 1. The van der Waals surface area contributed by atoms with Crippen molar-refractivity contribution in [3.05, 3.63) is 33.5 Å². The first-order valence-electron chi connectivity index (χ1n) is 6.92. The molecule has 118 valence electrons. The maximum absolute atomic E-state index is 11.5. The number of amides is 1. The summed E-state index contributed by atoms with van der Waals surface area (Å²) in [4.78, 5) is 22.1. The molecule has 22 heavy (non-hydrogen) atoms. The summed E-state index contributed by atoms with van der Waals surface area (Å²) in [6, 6.07) is 3.42. The Morgan fingerprint density at radius 2 is 2.14 bits per heavy atom. The van der Waals surface area contributed by atoms with Gasteiger partial charge in [0.15, 0.2) is 5.75 Å². The van der Waals surface area contributed by atoms with Crippen LogP contribution in [0.3, 0.4) is 0 Å². The van der Waals surface area contributed by atoms with E-state index in [-0.39, 0.29) is 17.3 Å². The van der Waals surface area contributed by atoms with Gasteiger partial charge in [-0.05, 0) is 31.0 Å². The molecular weight excluding hydrogens is 286 g/mol. The van der Waals surface area contributed by atoms with Crippen LogP contribution in [-0.2, 0) is 18.3 Å². The Morgan fingerprint density at radius 3 is 2.68 bits per heavy atom. The van der Waals surface area contributed by atoms with Crippen molar-refractivity contribution in [1.29, 1.82) is 0 Å². The van der Waals surface area contributed by atoms with Crippen molar-refractivity contribution < 1.29 is 14.5 Å². The Hall–Kier alpha value is -2.57. The van der Waals surface area contributed by atoms with Crippen molar-refractivity contribution >= 4 is 22.5 Å². The molecule has 0 unspecified atom stereocenters. The Morgan fingerprint density at radius 1 is 1.45 bits per heavy atom. The molecule has 2 rings (SSSR count). The van der Waals surface area contributed by atoms with Crippen LogP contribution in [0.5, 0.6) is 5.75 Å². The van der Waals surface area contributed by atoms with Gasteiger partial charge in [-0.2, -0.15) is 0 Å². The van der Waals surface area contributed by atoms with Gasteiger partial charge in [0.1, 0.15) is 0 Å². The number of carbonyl (C=O) groups is 1. The molecule has 0 aliphatic carbocycles. The lowest BCUT2D eigenvalue weighted by Gasteiger charge is -2.06. The SMILES string of the molecule is COc1ccc2c(c(CCNC(C)=O)c(C)n2C)c1[N+](=O)[O-]. The lowest BCUT2D eigenvalue weighted by molar-refractivity contribution is -0.384. The molecule has 0 bridgehead atoms. The number of ether oxygens (including phenoxy) is 1. The number of aromatic nitrogens is 1. The molecule has 0 saturated carbocycles. The summed E-state index contributed by atoms with van der Waals surface area (Å²) in [5.74, 6) is 0.119. The summed E-state index contributed by atoms with van der Waals surface area (Å²) in [7, 11) is 3.29. The highest BCUT2D eigenvalue weighted by Crippen LogP contribution is 2.39. The molecule has 0 spiro atoms. The minimum Gasteiger partial charge on any atom is -0.490 e. The molecule has 7 heteroatoms. The first-order chi connectivity index (χ1) is 10.4. The third kappa shape index (κ3) is 2.61. The number of benzene rings is 1. The third-order valence-corrected chi connectivity index (χ3v) is 3.87. The van der Waals surface area contributed by atoms with Gasteiger partial charge in [0, 0.05) is 26.2 Å². The zero-order valence-corrected chi connectivity index (χ0v) is 13.1. The Labute approximate surface area is 128 Å². The highest BCUT2D eigenvalue weighted by Gasteiger charge is 2.25. The number of aryl methyl sites for hydroxylation is 1. The predicted molar refractivity (Wildman–Crippen MR) is 83.3 cm³/mol. The molecule has 1 aromatic carbocycles. The lowest BCUT2D eigenvalue weighted by Crippen LogP contribution is -2.22. The highest BCUT2D eigenvalue weighted by molar-refractivity contribution is 5.96. The maximum atomic E-state index is 11.5. The molecule has 0 aliphatic rings. The molecule has 7 nitrogen and oxygen atoms in total. The van der Waals surface area contributed by atoms with Crippen LogP contribution in [-0.4, -0.2) is 29.1 Å². The summed E-state index contributed by atoms with van der Waals surface area (Å²) in [5.41, 5.74) is 2.55. The van der Waals surface area contributed by atoms with E-state index in [0.29, 0.717) is 18.4 Å². The normalized spacial score (nSPS) is 10.7. The maximum Gasteiger partial charge on any atom is 0.320 e. The minimum atomic E-state index is -0.414. The Kier molecular flexibility index (Phi) is 4.35. The zero-order valence-electron chi connectivity index (χ0n) is 13.1. The summed E-state index contributed by atoms with van der Waals surface area (Å²) in [6.45, 7) is 3.80. The standard InChI is InChI=1S/C15H19N3O4/c1-9-11(7-8-16-10(2)19)14-12(17(9)3)5-6-13(22-4)15(14)18(20)21/h5-6H,7-8H2,1-4H3,(H,16,19). The van der Waals surface area contributed by atoms with E-state index in [4.69, 9.17) is 4.74 Å². The fraction of sp³-hybridized carbons (Fsp3) is 0.400. The molecule has 1 aromatic heterocycles. The number of nitrogens with one attached hydrogen (secondary N) is 1. The van der Waals surface area contributed by atoms with Gasteiger partial charge >= 0.3 is 5.69 Å². The van der Waals surface area contributed by atoms with Gasteiger partial charge in [-0.15, -0.1) is 0 Å². The van der Waals surface area contributed by atoms with Crippen LogP contribution in [0.1, 0.15) is 18.2 Å². The van der Waals surface area contributed by atoms with Gasteiger partial charge < -0.3 is 14.6 Å². The average Bonchev–Trinajstić information content (AvgIpc) is 2.70. The monoisotopic (exact) mass is 305 g/mol. The van der Waals surface area contributed by atoms with Crippen molar-refractivity contribution in [3.8, 4) is 5.75 Å². The van der Waals surface area contributed by atoms with Crippen LogP contribution < -0.4 is 10.1 Å². The first-order valence-corrected chi connectivity index (χ1v) is 6.92. The number of methoxy groups -OCH3 is 1. The molecule has 0 saturated heterocycles. The second-order valence-corrected chi connectivity index (χ2v) is 5.12. The highest BCUT2D eigenvalue weighted by atomic mass is 16.6. The van der Waals surface area contributed by atoms with Gasteiger partial charge in [0.2, 0.25) is 5.91 Å². The first kappa shape index (κ1) is 15.8. The van der Waals surface area contributed by atoms with Crippen LogP contribution in [0.25, 0.3) is 10.9 Å². The van der Waals surface area contributed by atoms with Crippen molar-refractivity contribution in [1.82, 2.24) is 9.88 Å². The van der Waals surface area contributed by atoms with E-state index in [2.05, 4.69) is 5.32 Å². The summed E-state index contributed by atoms with van der Waals surface area (Å²) >= 11 is 0. The molecule has 1 amide bonds. The average molecular weight is 305 g/mol. The number of nitro benzene ring substituents is 1. The van der Waals surface area contributed by atoms with Gasteiger partial charge in [-0.3, -0.25) is 14.9 Å². The summed E-state index contributed by atoms with van der Waals surface area (Å²) in [5, 5.41) is 14.8. The summed E-state index contributed by atoms with van der Waals surface area (Å²) < 4.78 is 7.06. The van der Waals surface area contributed by atoms with Crippen molar-refractivity contribution in [2.45, 2.75) is 20.3 Å². The number of nitro groups is 1. The van der Waals surface area contributed by atoms with Gasteiger partial charge in [0.05, 0.1) is 22.9 Å². The number of carbonyl (C=O) groups excluding carboxylic acids is 1. The molecular formula is C15H19N3O4. The van der Waals surface area contributed by atoms with E-state index in [1.54, 1.807) is 6.07 Å². The van der Waals surface area contributed by atoms with Gasteiger partial charge in [-0.1, -0.05) is 0 Å². The zero-order chi connectivity index (χ0) is 16.4. The second-order valence-electron chi connectivity index (χ2n) is 5.12.